The molecule has 1 aromatic carbocycles. The Labute approximate surface area is 144 Å². The van der Waals surface area contributed by atoms with Gasteiger partial charge in [-0.1, -0.05) is 12.1 Å². The number of aromatic nitrogens is 1. The monoisotopic (exact) mass is 342 g/mol. The second kappa shape index (κ2) is 7.42. The van der Waals surface area contributed by atoms with Crippen molar-refractivity contribution in [3.05, 3.63) is 58.9 Å². The Morgan fingerprint density at radius 3 is 2.24 bits per heavy atom. The lowest BCUT2D eigenvalue weighted by molar-refractivity contribution is 0.0646. The molecule has 2 N–H and O–H groups in total. The number of aliphatic hydroxyl groups is 2. The first-order valence-corrected chi connectivity index (χ1v) is 7.94. The Hall–Kier alpha value is -2.77. The highest BCUT2D eigenvalue weighted by Gasteiger charge is 2.34. The minimum absolute atomic E-state index is 0.215. The summed E-state index contributed by atoms with van der Waals surface area (Å²) in [6.45, 7) is -0.00187. The topological polar surface area (TPSA) is 100.0 Å². The first-order chi connectivity index (χ1) is 12.2. The van der Waals surface area contributed by atoms with E-state index in [0.717, 1.165) is 0 Å². The van der Waals surface area contributed by atoms with E-state index in [4.69, 9.17) is 9.84 Å². The lowest BCUT2D eigenvalue weighted by Crippen LogP contribution is -2.31. The SMILES string of the molecule is O=C1c2ccccc2C(=O)N1CCCOc1ccc(CO)nc1CO. The maximum absolute atomic E-state index is 12.2. The molecule has 2 aromatic rings. The molecule has 0 saturated carbocycles. The predicted octanol–water partition coefficient (Wildman–Crippen LogP) is 1.13. The van der Waals surface area contributed by atoms with Crippen LogP contribution in [0.1, 0.15) is 38.5 Å². The zero-order valence-corrected chi connectivity index (χ0v) is 13.5. The van der Waals surface area contributed by atoms with Crippen molar-refractivity contribution in [2.24, 2.45) is 0 Å². The van der Waals surface area contributed by atoms with Gasteiger partial charge < -0.3 is 14.9 Å². The van der Waals surface area contributed by atoms with Gasteiger partial charge in [0.15, 0.2) is 0 Å². The van der Waals surface area contributed by atoms with Crippen LogP contribution in [0.5, 0.6) is 5.75 Å². The molecule has 2 heterocycles. The molecule has 0 fully saturated rings. The molecule has 1 aliphatic heterocycles. The number of hydrogen-bond donors (Lipinski definition) is 2. The van der Waals surface area contributed by atoms with E-state index in [0.29, 0.717) is 34.7 Å². The molecule has 0 bridgehead atoms. The van der Waals surface area contributed by atoms with Crippen LogP contribution in [-0.4, -0.2) is 45.1 Å². The van der Waals surface area contributed by atoms with Crippen molar-refractivity contribution in [1.82, 2.24) is 9.88 Å². The van der Waals surface area contributed by atoms with Gasteiger partial charge in [-0.3, -0.25) is 14.5 Å². The summed E-state index contributed by atoms with van der Waals surface area (Å²) in [6, 6.07) is 10.00. The van der Waals surface area contributed by atoms with Crippen molar-refractivity contribution in [1.29, 1.82) is 0 Å². The summed E-state index contributed by atoms with van der Waals surface area (Å²) in [6.07, 6.45) is 0.456. The smallest absolute Gasteiger partial charge is 0.261 e. The van der Waals surface area contributed by atoms with Crippen LogP contribution >= 0.6 is 0 Å². The average Bonchev–Trinajstić information content (AvgIpc) is 2.90. The van der Waals surface area contributed by atoms with Crippen molar-refractivity contribution >= 4 is 11.8 Å². The zero-order valence-electron chi connectivity index (χ0n) is 13.5. The van der Waals surface area contributed by atoms with Gasteiger partial charge in [0, 0.05) is 6.54 Å². The van der Waals surface area contributed by atoms with E-state index >= 15 is 0 Å². The summed E-state index contributed by atoms with van der Waals surface area (Å²) in [5, 5.41) is 18.4. The van der Waals surface area contributed by atoms with E-state index in [1.807, 2.05) is 0 Å². The second-order valence-electron chi connectivity index (χ2n) is 5.57. The molecule has 3 rings (SSSR count). The quantitative estimate of drug-likeness (QED) is 0.578. The number of nitrogens with zero attached hydrogens (tertiary/aromatic N) is 2. The molecule has 0 radical (unpaired) electrons. The van der Waals surface area contributed by atoms with E-state index < -0.39 is 0 Å². The van der Waals surface area contributed by atoms with Crippen molar-refractivity contribution in [3.8, 4) is 5.75 Å². The fourth-order valence-corrected chi connectivity index (χ4v) is 2.71. The van der Waals surface area contributed by atoms with Crippen LogP contribution in [0.3, 0.4) is 0 Å². The number of benzene rings is 1. The van der Waals surface area contributed by atoms with E-state index in [-0.39, 0.29) is 38.2 Å². The number of ether oxygens (including phenoxy) is 1. The van der Waals surface area contributed by atoms with Gasteiger partial charge in [-0.15, -0.1) is 0 Å². The predicted molar refractivity (Wildman–Crippen MR) is 88.0 cm³/mol. The van der Waals surface area contributed by atoms with Crippen molar-refractivity contribution in [2.75, 3.05) is 13.2 Å². The van der Waals surface area contributed by atoms with Crippen molar-refractivity contribution in [3.63, 3.8) is 0 Å². The number of rotatable bonds is 7. The Balaban J connectivity index is 1.56. The molecule has 0 saturated heterocycles. The second-order valence-corrected chi connectivity index (χ2v) is 5.57. The summed E-state index contributed by atoms with van der Waals surface area (Å²) in [5.74, 6) is -0.154. The van der Waals surface area contributed by atoms with E-state index in [1.54, 1.807) is 36.4 Å². The minimum atomic E-state index is -0.304. The van der Waals surface area contributed by atoms with Crippen molar-refractivity contribution in [2.45, 2.75) is 19.6 Å². The number of carbonyl (C=O) groups is 2. The van der Waals surface area contributed by atoms with Gasteiger partial charge in [0.2, 0.25) is 0 Å². The number of pyridine rings is 1. The van der Waals surface area contributed by atoms with E-state index in [9.17, 15) is 14.7 Å². The fourth-order valence-electron chi connectivity index (χ4n) is 2.71. The normalized spacial score (nSPS) is 13.3. The lowest BCUT2D eigenvalue weighted by Gasteiger charge is -2.15. The van der Waals surface area contributed by atoms with Gasteiger partial charge in [-0.2, -0.15) is 0 Å². The van der Waals surface area contributed by atoms with Crippen molar-refractivity contribution < 1.29 is 24.5 Å². The highest BCUT2D eigenvalue weighted by Crippen LogP contribution is 2.23. The Kier molecular flexibility index (Phi) is 5.06. The Morgan fingerprint density at radius 2 is 1.64 bits per heavy atom. The highest BCUT2D eigenvalue weighted by molar-refractivity contribution is 6.21. The molecular weight excluding hydrogens is 324 g/mol. The highest BCUT2D eigenvalue weighted by atomic mass is 16.5. The van der Waals surface area contributed by atoms with Gasteiger partial charge in [-0.25, -0.2) is 4.98 Å². The zero-order chi connectivity index (χ0) is 17.8. The Morgan fingerprint density at radius 1 is 0.960 bits per heavy atom. The van der Waals surface area contributed by atoms with Gasteiger partial charge in [0.05, 0.1) is 36.6 Å². The molecule has 2 amide bonds. The first-order valence-electron chi connectivity index (χ1n) is 7.94. The fraction of sp³-hybridized carbons (Fsp3) is 0.278. The number of amides is 2. The molecule has 0 spiro atoms. The summed E-state index contributed by atoms with van der Waals surface area (Å²) < 4.78 is 5.58. The summed E-state index contributed by atoms with van der Waals surface area (Å²) in [7, 11) is 0. The maximum atomic E-state index is 12.2. The molecule has 0 aliphatic carbocycles. The Bertz CT molecular complexity index is 771. The number of fused-ring (bicyclic) bond motifs is 1. The molecule has 0 unspecified atom stereocenters. The number of imide groups is 1. The molecule has 7 nitrogen and oxygen atoms in total. The third-order valence-electron chi connectivity index (χ3n) is 3.96. The molecule has 1 aliphatic rings. The molecule has 7 heteroatoms. The number of carbonyl (C=O) groups excluding carboxylic acids is 2. The molecular formula is C18H18N2O5. The largest absolute Gasteiger partial charge is 0.492 e. The third-order valence-corrected chi connectivity index (χ3v) is 3.96. The summed E-state index contributed by atoms with van der Waals surface area (Å²) in [5.41, 5.74) is 1.65. The molecule has 25 heavy (non-hydrogen) atoms. The number of aliphatic hydroxyl groups excluding tert-OH is 2. The van der Waals surface area contributed by atoms with Crippen LogP contribution in [0.2, 0.25) is 0 Å². The number of hydrogen-bond acceptors (Lipinski definition) is 6. The van der Waals surface area contributed by atoms with Gasteiger partial charge >= 0.3 is 0 Å². The summed E-state index contributed by atoms with van der Waals surface area (Å²) in [4.78, 5) is 29.8. The van der Waals surface area contributed by atoms with E-state index in [1.165, 1.54) is 4.90 Å². The first kappa shape index (κ1) is 17.1. The maximum Gasteiger partial charge on any atom is 0.261 e. The third kappa shape index (κ3) is 3.38. The van der Waals surface area contributed by atoms with Gasteiger partial charge in [0.1, 0.15) is 11.4 Å². The van der Waals surface area contributed by atoms with Crippen LogP contribution in [0, 0.1) is 0 Å². The molecule has 0 atom stereocenters. The van der Waals surface area contributed by atoms with Crippen LogP contribution in [0.4, 0.5) is 0 Å². The van der Waals surface area contributed by atoms with Crippen LogP contribution in [0.15, 0.2) is 36.4 Å². The standard InChI is InChI=1S/C18H18N2O5/c21-10-12-6-7-16(15(11-22)19-12)25-9-3-8-20-17(23)13-4-1-2-5-14(13)18(20)24/h1-2,4-7,21-22H,3,8-11H2. The van der Waals surface area contributed by atoms with Crippen LogP contribution in [-0.2, 0) is 13.2 Å². The van der Waals surface area contributed by atoms with Crippen LogP contribution < -0.4 is 4.74 Å². The molecule has 130 valence electrons. The molecule has 1 aromatic heterocycles. The van der Waals surface area contributed by atoms with E-state index in [2.05, 4.69) is 4.98 Å². The summed E-state index contributed by atoms with van der Waals surface area (Å²) >= 11 is 0. The lowest BCUT2D eigenvalue weighted by atomic mass is 10.1. The van der Waals surface area contributed by atoms with Crippen LogP contribution in [0.25, 0.3) is 0 Å². The minimum Gasteiger partial charge on any atom is -0.492 e. The van der Waals surface area contributed by atoms with Gasteiger partial charge in [-0.05, 0) is 30.7 Å². The average molecular weight is 342 g/mol. The van der Waals surface area contributed by atoms with Gasteiger partial charge in [0.25, 0.3) is 11.8 Å².